The number of aromatic nitrogens is 2. The van der Waals surface area contributed by atoms with Crippen LogP contribution in [0, 0.1) is 12.3 Å². The molecule has 0 saturated carbocycles. The van der Waals surface area contributed by atoms with Crippen molar-refractivity contribution in [3.05, 3.63) is 101 Å². The highest BCUT2D eigenvalue weighted by atomic mass is 35.5. The summed E-state index contributed by atoms with van der Waals surface area (Å²) in [5.74, 6) is 3.65. The monoisotopic (exact) mass is 439 g/mol. The minimum Gasteiger partial charge on any atom is -0.365 e. The molecule has 3 aromatic heterocycles. The number of nitrogens with zero attached hydrogens (tertiary/aromatic N) is 2. The summed E-state index contributed by atoms with van der Waals surface area (Å²) in [5, 5.41) is 6.22. The maximum absolute atomic E-state index is 6.28. The van der Waals surface area contributed by atoms with Crippen molar-refractivity contribution in [2.45, 2.75) is 6.54 Å². The fourth-order valence-corrected chi connectivity index (χ4v) is 4.48. The second kappa shape index (κ2) is 8.31. The molecule has 0 aliphatic heterocycles. The molecule has 0 unspecified atom stereocenters. The third-order valence-electron chi connectivity index (χ3n) is 5.08. The molecule has 2 aliphatic rings. The summed E-state index contributed by atoms with van der Waals surface area (Å²) in [5.41, 5.74) is 6.47. The standard InChI is InChI=1S/C20H14ClN3S.C6H4/c1-2-14-10-12-25-19(14)18-20(24-11-6-5-9-17(24)23-18)22-13-15-7-3-4-8-16(15)21;1-2-5-4-6(5)3-1/h1,3-12,22H,13H2;1-4H. The van der Waals surface area contributed by atoms with E-state index in [-0.39, 0.29) is 0 Å². The fraction of sp³-hybridized carbons (Fsp3) is 0.0385. The molecule has 5 heteroatoms. The zero-order valence-corrected chi connectivity index (χ0v) is 18.1. The summed E-state index contributed by atoms with van der Waals surface area (Å²) in [6.07, 6.45) is 7.64. The van der Waals surface area contributed by atoms with Crippen LogP contribution in [0.4, 0.5) is 5.82 Å². The number of thiophene rings is 1. The Morgan fingerprint density at radius 1 is 1.00 bits per heavy atom. The SMILES string of the molecule is C#Cc1ccsc1-c1nc2ccccn2c1NCc1ccccc1Cl.c1cc2cc-2c1. The van der Waals surface area contributed by atoms with Crippen molar-refractivity contribution < 1.29 is 0 Å². The number of benzene rings is 2. The molecule has 1 N–H and O–H groups in total. The summed E-state index contributed by atoms with van der Waals surface area (Å²) >= 11 is 7.88. The van der Waals surface area contributed by atoms with Crippen molar-refractivity contribution in [2.75, 3.05) is 5.32 Å². The van der Waals surface area contributed by atoms with E-state index in [0.717, 1.165) is 38.2 Å². The second-order valence-electron chi connectivity index (χ2n) is 7.07. The molecule has 4 aromatic rings. The van der Waals surface area contributed by atoms with Gasteiger partial charge in [-0.25, -0.2) is 4.98 Å². The molecule has 6 rings (SSSR count). The van der Waals surface area contributed by atoms with Crippen LogP contribution < -0.4 is 5.32 Å². The number of hydrogen-bond donors (Lipinski definition) is 1. The molecule has 31 heavy (non-hydrogen) atoms. The summed E-state index contributed by atoms with van der Waals surface area (Å²) in [6.45, 7) is 0.603. The van der Waals surface area contributed by atoms with Crippen LogP contribution in [0.1, 0.15) is 11.1 Å². The number of hydrogen-bond acceptors (Lipinski definition) is 3. The highest BCUT2D eigenvalue weighted by Crippen LogP contribution is 2.35. The quantitative estimate of drug-likeness (QED) is 0.300. The molecule has 3 heterocycles. The zero-order valence-electron chi connectivity index (χ0n) is 16.5. The molecule has 0 radical (unpaired) electrons. The van der Waals surface area contributed by atoms with Crippen molar-refractivity contribution in [3.63, 3.8) is 0 Å². The van der Waals surface area contributed by atoms with Gasteiger partial charge in [0.25, 0.3) is 0 Å². The van der Waals surface area contributed by atoms with Gasteiger partial charge in [-0.05, 0) is 52.4 Å². The first-order chi connectivity index (χ1) is 15.2. The number of terminal acetylenes is 1. The average molecular weight is 440 g/mol. The highest BCUT2D eigenvalue weighted by molar-refractivity contribution is 7.13. The smallest absolute Gasteiger partial charge is 0.140 e. The van der Waals surface area contributed by atoms with Gasteiger partial charge in [0, 0.05) is 23.3 Å². The van der Waals surface area contributed by atoms with Crippen LogP contribution in [0.5, 0.6) is 0 Å². The van der Waals surface area contributed by atoms with Crippen LogP contribution in [0.15, 0.2) is 84.4 Å². The van der Waals surface area contributed by atoms with Gasteiger partial charge in [0.1, 0.15) is 17.2 Å². The Hall–Kier alpha value is -3.52. The number of anilines is 1. The molecule has 0 spiro atoms. The van der Waals surface area contributed by atoms with Gasteiger partial charge in [-0.1, -0.05) is 60.0 Å². The van der Waals surface area contributed by atoms with Crippen molar-refractivity contribution >= 4 is 34.4 Å². The van der Waals surface area contributed by atoms with E-state index in [9.17, 15) is 0 Å². The molecule has 3 nitrogen and oxygen atoms in total. The van der Waals surface area contributed by atoms with E-state index in [2.05, 4.69) is 35.5 Å². The number of halogens is 1. The topological polar surface area (TPSA) is 29.3 Å². The molecule has 150 valence electrons. The molecule has 0 amide bonds. The second-order valence-corrected chi connectivity index (χ2v) is 8.39. The van der Waals surface area contributed by atoms with Crippen LogP contribution in [-0.4, -0.2) is 9.38 Å². The van der Waals surface area contributed by atoms with E-state index in [1.54, 1.807) is 11.3 Å². The van der Waals surface area contributed by atoms with E-state index < -0.39 is 0 Å². The lowest BCUT2D eigenvalue weighted by Gasteiger charge is -2.09. The summed E-state index contributed by atoms with van der Waals surface area (Å²) in [4.78, 5) is 5.77. The first kappa shape index (κ1) is 19.4. The molecular formula is C26H18ClN3S. The Morgan fingerprint density at radius 3 is 2.52 bits per heavy atom. The van der Waals surface area contributed by atoms with E-state index in [4.69, 9.17) is 23.0 Å². The largest absolute Gasteiger partial charge is 0.365 e. The van der Waals surface area contributed by atoms with Gasteiger partial charge in [0.05, 0.1) is 4.88 Å². The molecule has 2 aliphatic carbocycles. The van der Waals surface area contributed by atoms with Crippen LogP contribution in [0.3, 0.4) is 0 Å². The van der Waals surface area contributed by atoms with Gasteiger partial charge in [0.15, 0.2) is 0 Å². The van der Waals surface area contributed by atoms with E-state index in [0.29, 0.717) is 6.54 Å². The Balaban J connectivity index is 0.000000289. The number of nitrogens with one attached hydrogen (secondary N) is 1. The summed E-state index contributed by atoms with van der Waals surface area (Å²) in [7, 11) is 0. The zero-order chi connectivity index (χ0) is 21.2. The van der Waals surface area contributed by atoms with Gasteiger partial charge < -0.3 is 5.32 Å². The molecule has 0 saturated heterocycles. The van der Waals surface area contributed by atoms with Gasteiger partial charge in [-0.3, -0.25) is 4.40 Å². The predicted molar refractivity (Wildman–Crippen MR) is 131 cm³/mol. The normalized spacial score (nSPS) is 10.8. The third-order valence-corrected chi connectivity index (χ3v) is 6.37. The molecule has 0 fully saturated rings. The summed E-state index contributed by atoms with van der Waals surface area (Å²) < 4.78 is 2.03. The Labute approximate surface area is 190 Å². The van der Waals surface area contributed by atoms with E-state index in [1.807, 2.05) is 64.5 Å². The number of imidazole rings is 1. The van der Waals surface area contributed by atoms with Gasteiger partial charge >= 0.3 is 0 Å². The summed E-state index contributed by atoms with van der Waals surface area (Å²) in [6, 6.07) is 24.2. The van der Waals surface area contributed by atoms with Crippen LogP contribution in [0.25, 0.3) is 27.3 Å². The maximum Gasteiger partial charge on any atom is 0.140 e. The van der Waals surface area contributed by atoms with Crippen molar-refractivity contribution in [1.82, 2.24) is 9.38 Å². The first-order valence-electron chi connectivity index (χ1n) is 9.84. The van der Waals surface area contributed by atoms with Crippen molar-refractivity contribution in [3.8, 4) is 34.0 Å². The van der Waals surface area contributed by atoms with Gasteiger partial charge in [0.2, 0.25) is 0 Å². The van der Waals surface area contributed by atoms with Gasteiger partial charge in [-0.2, -0.15) is 0 Å². The Kier molecular flexibility index (Phi) is 5.21. The van der Waals surface area contributed by atoms with Crippen molar-refractivity contribution in [2.24, 2.45) is 0 Å². The first-order valence-corrected chi connectivity index (χ1v) is 11.1. The molecule has 0 bridgehead atoms. The third kappa shape index (κ3) is 3.94. The maximum atomic E-state index is 6.28. The lowest BCUT2D eigenvalue weighted by molar-refractivity contribution is 1.08. The lowest BCUT2D eigenvalue weighted by atomic mass is 10.2. The Morgan fingerprint density at radius 2 is 1.81 bits per heavy atom. The molecular weight excluding hydrogens is 422 g/mol. The van der Waals surface area contributed by atoms with Crippen LogP contribution in [0.2, 0.25) is 5.02 Å². The minimum absolute atomic E-state index is 0.603. The fourth-order valence-electron chi connectivity index (χ4n) is 3.43. The number of rotatable bonds is 4. The average Bonchev–Trinajstić information content (AvgIpc) is 3.18. The van der Waals surface area contributed by atoms with Crippen LogP contribution >= 0.6 is 22.9 Å². The Bertz CT molecular complexity index is 1410. The van der Waals surface area contributed by atoms with Crippen molar-refractivity contribution in [1.29, 1.82) is 0 Å². The highest BCUT2D eigenvalue weighted by Gasteiger charge is 2.17. The van der Waals surface area contributed by atoms with E-state index >= 15 is 0 Å². The van der Waals surface area contributed by atoms with Crippen LogP contribution in [-0.2, 0) is 6.54 Å². The minimum atomic E-state index is 0.603. The van der Waals surface area contributed by atoms with Gasteiger partial charge in [-0.15, -0.1) is 17.8 Å². The van der Waals surface area contributed by atoms with E-state index in [1.165, 1.54) is 11.1 Å². The number of pyridine rings is 1. The molecule has 0 atom stereocenters. The predicted octanol–water partition coefficient (Wildman–Crippen LogP) is 6.98. The lowest BCUT2D eigenvalue weighted by Crippen LogP contribution is -2.03. The number of fused-ring (bicyclic) bond motifs is 2. The molecule has 1 aromatic carbocycles.